The number of hydrogen-bond acceptors (Lipinski definition) is 6. The zero-order chi connectivity index (χ0) is 13.4. The third-order valence-corrected chi connectivity index (χ3v) is 2.85. The van der Waals surface area contributed by atoms with Crippen molar-refractivity contribution in [2.24, 2.45) is 0 Å². The van der Waals surface area contributed by atoms with E-state index in [0.717, 1.165) is 6.92 Å². The van der Waals surface area contributed by atoms with Gasteiger partial charge in [-0.25, -0.2) is 0 Å². The van der Waals surface area contributed by atoms with Gasteiger partial charge in [0, 0.05) is 12.1 Å². The summed E-state index contributed by atoms with van der Waals surface area (Å²) in [6, 6.07) is 1.13. The van der Waals surface area contributed by atoms with Gasteiger partial charge in [0.2, 0.25) is 0 Å². The Morgan fingerprint density at radius 3 is 1.67 bits per heavy atom. The molecule has 1 aromatic carbocycles. The van der Waals surface area contributed by atoms with Crippen LogP contribution in [-0.2, 0) is 10.1 Å². The second-order valence-electron chi connectivity index (χ2n) is 3.08. The zero-order valence-corrected chi connectivity index (χ0v) is 9.17. The predicted molar refractivity (Wildman–Crippen MR) is 61.5 cm³/mol. The molecule has 0 bridgehead atoms. The van der Waals surface area contributed by atoms with Crippen LogP contribution in [0.25, 0.3) is 0 Å². The molecule has 0 aliphatic carbocycles. The fourth-order valence-corrected chi connectivity index (χ4v) is 1.71. The van der Waals surface area contributed by atoms with Crippen molar-refractivity contribution in [2.45, 2.75) is 11.8 Å². The molecule has 0 amide bonds. The van der Waals surface area contributed by atoms with Gasteiger partial charge in [-0.15, -0.1) is 0 Å². The molecule has 1 N–H and O–H groups in total. The van der Waals surface area contributed by atoms with Crippen LogP contribution < -0.4 is 0 Å². The van der Waals surface area contributed by atoms with Gasteiger partial charge in [0.05, 0.1) is 9.85 Å². The Hall–Kier alpha value is -1.07. The van der Waals surface area contributed by atoms with E-state index < -0.39 is 36.2 Å². The molecule has 0 heterocycles. The van der Waals surface area contributed by atoms with Crippen molar-refractivity contribution in [3.63, 3.8) is 0 Å². The van der Waals surface area contributed by atoms with Crippen molar-refractivity contribution in [1.29, 1.82) is 0 Å². The van der Waals surface area contributed by atoms with Gasteiger partial charge >= 0.3 is 29.6 Å². The van der Waals surface area contributed by atoms with E-state index in [1.54, 1.807) is 0 Å². The molecule has 0 saturated heterocycles. The van der Waals surface area contributed by atoms with Crippen LogP contribution in [0.4, 0.5) is 11.4 Å². The second-order valence-corrected chi connectivity index (χ2v) is 4.50. The molecule has 9 nitrogen and oxygen atoms in total. The van der Waals surface area contributed by atoms with Crippen LogP contribution in [-0.4, -0.2) is 52.4 Å². The molecule has 94 valence electrons. The Labute approximate surface area is 123 Å². The van der Waals surface area contributed by atoms with Gasteiger partial charge in [0.15, 0.2) is 0 Å². The van der Waals surface area contributed by atoms with E-state index in [4.69, 9.17) is 4.55 Å². The summed E-state index contributed by atoms with van der Waals surface area (Å²) in [6.07, 6.45) is 0. The third kappa shape index (κ3) is 3.46. The topological polar surface area (TPSA) is 141 Å². The summed E-state index contributed by atoms with van der Waals surface area (Å²) in [5.74, 6) is 0. The van der Waals surface area contributed by atoms with Crippen molar-refractivity contribution in [3.05, 3.63) is 37.9 Å². The fraction of sp³-hybridized carbons (Fsp3) is 0.143. The van der Waals surface area contributed by atoms with Crippen LogP contribution in [0, 0.1) is 27.2 Å². The van der Waals surface area contributed by atoms with E-state index in [2.05, 4.69) is 0 Å². The van der Waals surface area contributed by atoms with Gasteiger partial charge in [0.1, 0.15) is 10.5 Å². The van der Waals surface area contributed by atoms with Gasteiger partial charge in [0.25, 0.3) is 21.5 Å². The Balaban J connectivity index is 0.00000289. The van der Waals surface area contributed by atoms with Crippen LogP contribution in [0.5, 0.6) is 0 Å². The molecule has 0 aliphatic rings. The molecular formula is C7H7N2NaO7S. The first-order valence-corrected chi connectivity index (χ1v) is 5.49. The summed E-state index contributed by atoms with van der Waals surface area (Å²) in [5.41, 5.74) is -1.77. The van der Waals surface area contributed by atoms with Crippen LogP contribution in [0.3, 0.4) is 0 Å². The molecule has 0 saturated carbocycles. The minimum atomic E-state index is -4.74. The van der Waals surface area contributed by atoms with Crippen molar-refractivity contribution in [3.8, 4) is 0 Å². The molecule has 1 rings (SSSR count). The van der Waals surface area contributed by atoms with Crippen molar-refractivity contribution < 1.29 is 22.8 Å². The van der Waals surface area contributed by atoms with Crippen molar-refractivity contribution >= 4 is 51.1 Å². The first kappa shape index (κ1) is 16.9. The average molecular weight is 286 g/mol. The molecule has 0 radical (unpaired) electrons. The van der Waals surface area contributed by atoms with Gasteiger partial charge < -0.3 is 0 Å². The van der Waals surface area contributed by atoms with E-state index in [-0.39, 0.29) is 35.1 Å². The monoisotopic (exact) mass is 286 g/mol. The van der Waals surface area contributed by atoms with Crippen LogP contribution >= 0.6 is 0 Å². The van der Waals surface area contributed by atoms with E-state index >= 15 is 0 Å². The number of rotatable bonds is 3. The van der Waals surface area contributed by atoms with E-state index in [1.165, 1.54) is 0 Å². The molecule has 0 spiro atoms. The van der Waals surface area contributed by atoms with Crippen LogP contribution in [0.2, 0.25) is 0 Å². The molecule has 0 aromatic heterocycles. The van der Waals surface area contributed by atoms with E-state index in [9.17, 15) is 28.6 Å². The van der Waals surface area contributed by atoms with Gasteiger partial charge in [-0.1, -0.05) is 0 Å². The predicted octanol–water partition coefficient (Wildman–Crippen LogP) is 0.410. The molecule has 18 heavy (non-hydrogen) atoms. The first-order chi connectivity index (χ1) is 7.64. The second kappa shape index (κ2) is 5.71. The molecule has 0 unspecified atom stereocenters. The molecule has 11 heteroatoms. The van der Waals surface area contributed by atoms with Crippen LogP contribution in [0.1, 0.15) is 5.56 Å². The summed E-state index contributed by atoms with van der Waals surface area (Å²) >= 11 is 0. The van der Waals surface area contributed by atoms with Gasteiger partial charge in [-0.3, -0.25) is 24.8 Å². The minimum absolute atomic E-state index is 0. The quantitative estimate of drug-likeness (QED) is 0.367. The summed E-state index contributed by atoms with van der Waals surface area (Å²) in [5, 5.41) is 21.2. The molecule has 0 atom stereocenters. The maximum absolute atomic E-state index is 10.8. The normalized spacial score (nSPS) is 10.6. The van der Waals surface area contributed by atoms with Crippen LogP contribution in [0.15, 0.2) is 17.0 Å². The van der Waals surface area contributed by atoms with Crippen molar-refractivity contribution in [1.82, 2.24) is 0 Å². The summed E-state index contributed by atoms with van der Waals surface area (Å²) in [4.78, 5) is 18.4. The first-order valence-electron chi connectivity index (χ1n) is 4.05. The number of nitro groups is 2. The molecule has 0 aliphatic heterocycles. The van der Waals surface area contributed by atoms with Crippen molar-refractivity contribution in [2.75, 3.05) is 0 Å². The number of hydrogen-bond donors (Lipinski definition) is 1. The number of nitro benzene ring substituents is 2. The fourth-order valence-electron chi connectivity index (χ4n) is 1.19. The number of nitrogens with zero attached hydrogens (tertiary/aromatic N) is 2. The standard InChI is InChI=1S/C7H6N2O7S.Na.H/c1-4-6(8(10)11)2-5(17(14,15)16)3-7(4)9(12)13;;/h2-3H,1H3,(H,14,15,16);;. The zero-order valence-electron chi connectivity index (χ0n) is 8.35. The Kier molecular flexibility index (Phi) is 5.37. The number of benzene rings is 1. The SMILES string of the molecule is Cc1c([N+](=O)[O-])cc(S(=O)(=O)O)cc1[N+](=O)[O-].[NaH]. The van der Waals surface area contributed by atoms with Gasteiger partial charge in [-0.2, -0.15) is 8.42 Å². The third-order valence-electron chi connectivity index (χ3n) is 2.02. The molecule has 1 aromatic rings. The summed E-state index contributed by atoms with van der Waals surface area (Å²) in [6.45, 7) is 1.12. The van der Waals surface area contributed by atoms with E-state index in [0.29, 0.717) is 12.1 Å². The Morgan fingerprint density at radius 1 is 1.11 bits per heavy atom. The molecular weight excluding hydrogens is 279 g/mol. The van der Waals surface area contributed by atoms with Gasteiger partial charge in [-0.05, 0) is 6.92 Å². The van der Waals surface area contributed by atoms with E-state index in [1.807, 2.05) is 0 Å². The summed E-state index contributed by atoms with van der Waals surface area (Å²) in [7, 11) is -4.74. The summed E-state index contributed by atoms with van der Waals surface area (Å²) < 4.78 is 30.3. The average Bonchev–Trinajstić information content (AvgIpc) is 2.14. The Bertz CT molecular complexity index is 577. The molecule has 0 fully saturated rings. The maximum atomic E-state index is 10.8. The Morgan fingerprint density at radius 2 is 1.44 bits per heavy atom.